The summed E-state index contributed by atoms with van der Waals surface area (Å²) in [5.41, 5.74) is -0.729. The Morgan fingerprint density at radius 2 is 1.95 bits per heavy atom. The van der Waals surface area contributed by atoms with Gasteiger partial charge in [-0.15, -0.1) is 0 Å². The van der Waals surface area contributed by atoms with Gasteiger partial charge in [0.1, 0.15) is 18.2 Å². The zero-order valence-electron chi connectivity index (χ0n) is 13.4. The Bertz CT molecular complexity index is 416. The van der Waals surface area contributed by atoms with Gasteiger partial charge in [-0.3, -0.25) is 9.69 Å². The van der Waals surface area contributed by atoms with Gasteiger partial charge in [0.25, 0.3) is 0 Å². The van der Waals surface area contributed by atoms with Crippen LogP contribution in [0.2, 0.25) is 0 Å². The molecule has 2 N–H and O–H groups in total. The lowest BCUT2D eigenvalue weighted by Crippen LogP contribution is -2.49. The number of nitrogens with one attached hydrogen (secondary N) is 1. The van der Waals surface area contributed by atoms with Crippen LogP contribution in [0.1, 0.15) is 20.8 Å². The van der Waals surface area contributed by atoms with Crippen molar-refractivity contribution in [3.63, 3.8) is 0 Å². The molecular formula is C14H24N2O6. The van der Waals surface area contributed by atoms with Crippen molar-refractivity contribution in [3.05, 3.63) is 12.7 Å². The molecule has 0 rings (SSSR count). The molecular weight excluding hydrogens is 292 g/mol. The standard InChI is InChI=1S/C14H24N2O6/c1-6-7-21-11(17)9-16(5)8-10(12(18)19)15-13(20)22-14(2,3)4/h6,10H,1,7-9H2,2-5H3,(H,15,20)(H,18,19)/t10-/m0/s1. The van der Waals surface area contributed by atoms with Gasteiger partial charge in [0.05, 0.1) is 6.54 Å². The van der Waals surface area contributed by atoms with Crippen LogP contribution < -0.4 is 5.32 Å². The Morgan fingerprint density at radius 1 is 1.36 bits per heavy atom. The quantitative estimate of drug-likeness (QED) is 0.499. The van der Waals surface area contributed by atoms with Gasteiger partial charge in [-0.1, -0.05) is 12.7 Å². The minimum Gasteiger partial charge on any atom is -0.480 e. The Labute approximate surface area is 130 Å². The molecule has 0 spiro atoms. The molecule has 0 radical (unpaired) electrons. The number of rotatable bonds is 8. The van der Waals surface area contributed by atoms with Crippen molar-refractivity contribution >= 4 is 18.0 Å². The number of hydrogen-bond acceptors (Lipinski definition) is 6. The molecule has 1 atom stereocenters. The number of esters is 1. The second-order valence-corrected chi connectivity index (χ2v) is 5.71. The van der Waals surface area contributed by atoms with E-state index in [2.05, 4.69) is 11.9 Å². The van der Waals surface area contributed by atoms with Crippen molar-refractivity contribution in [3.8, 4) is 0 Å². The van der Waals surface area contributed by atoms with E-state index in [4.69, 9.17) is 14.6 Å². The fraction of sp³-hybridized carbons (Fsp3) is 0.643. The fourth-order valence-electron chi connectivity index (χ4n) is 1.43. The average Bonchev–Trinajstić information content (AvgIpc) is 2.32. The van der Waals surface area contributed by atoms with E-state index in [0.29, 0.717) is 0 Å². The number of carboxylic acids is 1. The molecule has 0 aliphatic carbocycles. The Balaban J connectivity index is 4.46. The molecule has 0 aliphatic heterocycles. The first-order valence-corrected chi connectivity index (χ1v) is 6.72. The first-order valence-electron chi connectivity index (χ1n) is 6.72. The molecule has 0 saturated carbocycles. The number of ether oxygens (including phenoxy) is 2. The summed E-state index contributed by atoms with van der Waals surface area (Å²) in [6.07, 6.45) is 0.602. The molecule has 0 fully saturated rings. The number of carboxylic acid groups (broad SMARTS) is 1. The molecule has 0 aromatic carbocycles. The molecule has 0 bridgehead atoms. The van der Waals surface area contributed by atoms with Crippen molar-refractivity contribution in [1.82, 2.24) is 10.2 Å². The number of aliphatic carboxylic acids is 1. The molecule has 0 aliphatic rings. The van der Waals surface area contributed by atoms with E-state index in [0.717, 1.165) is 0 Å². The lowest BCUT2D eigenvalue weighted by atomic mass is 10.2. The molecule has 126 valence electrons. The van der Waals surface area contributed by atoms with Gasteiger partial charge in [0, 0.05) is 6.54 Å². The van der Waals surface area contributed by atoms with E-state index in [1.54, 1.807) is 27.8 Å². The fourth-order valence-corrected chi connectivity index (χ4v) is 1.43. The number of carbonyl (C=O) groups is 3. The summed E-state index contributed by atoms with van der Waals surface area (Å²) in [6.45, 7) is 8.34. The monoisotopic (exact) mass is 316 g/mol. The zero-order chi connectivity index (χ0) is 17.3. The SMILES string of the molecule is C=CCOC(=O)CN(C)C[C@H](NC(=O)OC(C)(C)C)C(=O)O. The lowest BCUT2D eigenvalue weighted by molar-refractivity contribution is -0.145. The van der Waals surface area contributed by atoms with Gasteiger partial charge in [0.15, 0.2) is 0 Å². The predicted molar refractivity (Wildman–Crippen MR) is 79.4 cm³/mol. The van der Waals surface area contributed by atoms with Crippen molar-refractivity contribution in [2.24, 2.45) is 0 Å². The largest absolute Gasteiger partial charge is 0.480 e. The van der Waals surface area contributed by atoms with Crippen LogP contribution in [0.4, 0.5) is 4.79 Å². The summed E-state index contributed by atoms with van der Waals surface area (Å²) in [4.78, 5) is 35.6. The minimum atomic E-state index is -1.22. The van der Waals surface area contributed by atoms with E-state index in [9.17, 15) is 14.4 Å². The molecule has 0 aromatic rings. The van der Waals surface area contributed by atoms with Crippen molar-refractivity contribution in [2.75, 3.05) is 26.7 Å². The number of likely N-dealkylation sites (N-methyl/N-ethyl adjacent to an activating group) is 1. The van der Waals surface area contributed by atoms with Gasteiger partial charge >= 0.3 is 18.0 Å². The second-order valence-electron chi connectivity index (χ2n) is 5.71. The number of carbonyl (C=O) groups excluding carboxylic acids is 2. The highest BCUT2D eigenvalue weighted by Crippen LogP contribution is 2.07. The summed E-state index contributed by atoms with van der Waals surface area (Å²) in [7, 11) is 1.54. The van der Waals surface area contributed by atoms with Crippen LogP contribution in [-0.4, -0.2) is 66.4 Å². The Hall–Kier alpha value is -2.09. The van der Waals surface area contributed by atoms with Gasteiger partial charge in [-0.25, -0.2) is 9.59 Å². The molecule has 22 heavy (non-hydrogen) atoms. The summed E-state index contributed by atoms with van der Waals surface area (Å²) in [5.74, 6) is -1.74. The van der Waals surface area contributed by atoms with E-state index in [-0.39, 0.29) is 19.7 Å². The van der Waals surface area contributed by atoms with Crippen LogP contribution in [0.3, 0.4) is 0 Å². The third-order valence-electron chi connectivity index (χ3n) is 2.24. The topological polar surface area (TPSA) is 105 Å². The van der Waals surface area contributed by atoms with Crippen LogP contribution in [0, 0.1) is 0 Å². The first kappa shape index (κ1) is 19.9. The van der Waals surface area contributed by atoms with E-state index >= 15 is 0 Å². The van der Waals surface area contributed by atoms with Crippen LogP contribution in [0.15, 0.2) is 12.7 Å². The van der Waals surface area contributed by atoms with Crippen LogP contribution >= 0.6 is 0 Å². The van der Waals surface area contributed by atoms with Crippen molar-refractivity contribution in [1.29, 1.82) is 0 Å². The minimum absolute atomic E-state index is 0.0717. The highest BCUT2D eigenvalue weighted by atomic mass is 16.6. The maximum Gasteiger partial charge on any atom is 0.408 e. The molecule has 0 aromatic heterocycles. The maximum atomic E-state index is 11.6. The number of hydrogen-bond donors (Lipinski definition) is 2. The highest BCUT2D eigenvalue weighted by molar-refractivity contribution is 5.80. The first-order chi connectivity index (χ1) is 10.0. The third kappa shape index (κ3) is 9.76. The van der Waals surface area contributed by atoms with Crippen molar-refractivity contribution in [2.45, 2.75) is 32.4 Å². The van der Waals surface area contributed by atoms with Gasteiger partial charge in [-0.2, -0.15) is 0 Å². The molecule has 0 saturated heterocycles. The van der Waals surface area contributed by atoms with Crippen LogP contribution in [0.5, 0.6) is 0 Å². The predicted octanol–water partition coefficient (Wildman–Crippen LogP) is 0.625. The van der Waals surface area contributed by atoms with E-state index in [1.165, 1.54) is 11.0 Å². The van der Waals surface area contributed by atoms with Gasteiger partial charge in [0.2, 0.25) is 0 Å². The number of alkyl carbamates (subject to hydrolysis) is 1. The normalized spacial score (nSPS) is 12.4. The maximum absolute atomic E-state index is 11.6. The second kappa shape index (κ2) is 9.04. The summed E-state index contributed by atoms with van der Waals surface area (Å²) in [6, 6.07) is -1.20. The average molecular weight is 316 g/mol. The third-order valence-corrected chi connectivity index (χ3v) is 2.24. The molecule has 1 amide bonds. The summed E-state index contributed by atoms with van der Waals surface area (Å²) >= 11 is 0. The molecule has 0 unspecified atom stereocenters. The zero-order valence-corrected chi connectivity index (χ0v) is 13.4. The Kier molecular flexibility index (Phi) is 8.18. The summed E-state index contributed by atoms with van der Waals surface area (Å²) < 4.78 is 9.79. The summed E-state index contributed by atoms with van der Waals surface area (Å²) in [5, 5.41) is 11.4. The smallest absolute Gasteiger partial charge is 0.408 e. The van der Waals surface area contributed by atoms with Crippen molar-refractivity contribution < 1.29 is 29.0 Å². The van der Waals surface area contributed by atoms with Crippen LogP contribution in [0.25, 0.3) is 0 Å². The number of amides is 1. The lowest BCUT2D eigenvalue weighted by Gasteiger charge is -2.24. The highest BCUT2D eigenvalue weighted by Gasteiger charge is 2.25. The van der Waals surface area contributed by atoms with E-state index < -0.39 is 29.7 Å². The Morgan fingerprint density at radius 3 is 2.41 bits per heavy atom. The molecule has 8 nitrogen and oxygen atoms in total. The molecule has 0 heterocycles. The molecule has 8 heteroatoms. The van der Waals surface area contributed by atoms with E-state index in [1.807, 2.05) is 0 Å². The van der Waals surface area contributed by atoms with Crippen LogP contribution in [-0.2, 0) is 19.1 Å². The van der Waals surface area contributed by atoms with Gasteiger partial charge in [-0.05, 0) is 27.8 Å². The number of nitrogens with zero attached hydrogens (tertiary/aromatic N) is 1. The van der Waals surface area contributed by atoms with Gasteiger partial charge < -0.3 is 19.9 Å².